The van der Waals surface area contributed by atoms with Crippen molar-refractivity contribution in [1.82, 2.24) is 9.78 Å². The zero-order valence-electron chi connectivity index (χ0n) is 21.3. The molecule has 4 rings (SSSR count). The molecule has 1 unspecified atom stereocenters. The number of aromatic nitrogens is 2. The normalized spacial score (nSPS) is 12.5. The van der Waals surface area contributed by atoms with E-state index < -0.39 is 28.0 Å². The Bertz CT molecular complexity index is 1710. The predicted molar refractivity (Wildman–Crippen MR) is 148 cm³/mol. The smallest absolute Gasteiger partial charge is 0.355 e. The fraction of sp³-hybridized carbons (Fsp3) is 0.148. The highest BCUT2D eigenvalue weighted by Gasteiger charge is 2.41. The summed E-state index contributed by atoms with van der Waals surface area (Å²) in [4.78, 5) is 24.2. The molecule has 0 aliphatic carbocycles. The first kappa shape index (κ1) is 29.8. The molecule has 3 aromatic carbocycles. The second-order valence-corrected chi connectivity index (χ2v) is 11.0. The first-order valence-corrected chi connectivity index (χ1v) is 13.9. The molecule has 0 fully saturated rings. The minimum Gasteiger partial charge on any atom is -0.355 e. The van der Waals surface area contributed by atoms with Gasteiger partial charge in [-0.1, -0.05) is 29.8 Å². The molecule has 0 saturated carbocycles. The number of sulfonamides is 1. The van der Waals surface area contributed by atoms with Gasteiger partial charge in [0.25, 0.3) is 0 Å². The van der Waals surface area contributed by atoms with E-state index >= 15 is 0 Å². The van der Waals surface area contributed by atoms with Crippen LogP contribution in [0.5, 0.6) is 0 Å². The largest absolute Gasteiger partial charge is 0.400 e. The third-order valence-electron chi connectivity index (χ3n) is 6.05. The topological polar surface area (TPSA) is 136 Å². The summed E-state index contributed by atoms with van der Waals surface area (Å²) >= 11 is 6.14. The third kappa shape index (κ3) is 7.31. The molecule has 1 atom stereocenters. The van der Waals surface area contributed by atoms with E-state index in [0.717, 1.165) is 24.0 Å². The second kappa shape index (κ2) is 11.7. The van der Waals surface area contributed by atoms with Gasteiger partial charge in [-0.15, -0.1) is 0 Å². The molecule has 4 N–H and O–H groups in total. The van der Waals surface area contributed by atoms with Crippen molar-refractivity contribution in [3.63, 3.8) is 0 Å². The van der Waals surface area contributed by atoms with Crippen LogP contribution in [0.4, 0.5) is 30.2 Å². The molecule has 0 spiro atoms. The summed E-state index contributed by atoms with van der Waals surface area (Å²) in [6.45, 7) is 0.719. The van der Waals surface area contributed by atoms with Crippen molar-refractivity contribution in [2.75, 3.05) is 10.6 Å². The van der Waals surface area contributed by atoms with Gasteiger partial charge in [-0.3, -0.25) is 9.59 Å². The van der Waals surface area contributed by atoms with Gasteiger partial charge in [0.05, 0.1) is 23.8 Å². The monoisotopic (exact) mass is 605 g/mol. The van der Waals surface area contributed by atoms with Gasteiger partial charge in [0.15, 0.2) is 5.78 Å². The zero-order chi connectivity index (χ0) is 29.9. The standard InChI is InChI=1S/C27H23ClF3N5O4S/c1-16(27(29,30)31)26(38)35-21-14-33-36(15-21)23-11-10-20(13-25(23)41(32,39)40)34-19-8-6-17(7-9-19)24(37)12-18-4-2-3-5-22(18)28/h2-11,13-16,34H,12H2,1H3,(H,35,38)(H2,32,39,40). The Kier molecular flexibility index (Phi) is 8.52. The molecule has 9 nitrogen and oxygen atoms in total. The van der Waals surface area contributed by atoms with Crippen LogP contribution in [0.3, 0.4) is 0 Å². The summed E-state index contributed by atoms with van der Waals surface area (Å²) in [7, 11) is -4.29. The van der Waals surface area contributed by atoms with Crippen molar-refractivity contribution in [3.8, 4) is 5.69 Å². The number of primary sulfonamides is 1. The highest BCUT2D eigenvalue weighted by atomic mass is 35.5. The van der Waals surface area contributed by atoms with E-state index in [1.54, 1.807) is 48.5 Å². The lowest BCUT2D eigenvalue weighted by Crippen LogP contribution is -2.32. The van der Waals surface area contributed by atoms with Gasteiger partial charge in [-0.25, -0.2) is 18.2 Å². The van der Waals surface area contributed by atoms with E-state index in [9.17, 15) is 31.2 Å². The fourth-order valence-electron chi connectivity index (χ4n) is 3.75. The number of ketones is 1. The van der Waals surface area contributed by atoms with Crippen LogP contribution >= 0.6 is 11.6 Å². The van der Waals surface area contributed by atoms with Gasteiger partial charge < -0.3 is 10.6 Å². The molecule has 1 heterocycles. The Morgan fingerprint density at radius 2 is 1.68 bits per heavy atom. The molecule has 0 aliphatic rings. The van der Waals surface area contributed by atoms with Crippen LogP contribution in [-0.2, 0) is 21.2 Å². The first-order valence-electron chi connectivity index (χ1n) is 12.0. The first-order chi connectivity index (χ1) is 19.2. The predicted octanol–water partition coefficient (Wildman–Crippen LogP) is 5.48. The van der Waals surface area contributed by atoms with E-state index in [0.29, 0.717) is 27.5 Å². The number of hydrogen-bond donors (Lipinski definition) is 3. The number of alkyl halides is 3. The van der Waals surface area contributed by atoms with Gasteiger partial charge in [0.1, 0.15) is 10.8 Å². The fourth-order valence-corrected chi connectivity index (χ4v) is 4.70. The molecule has 0 saturated heterocycles. The Hall–Kier alpha value is -4.20. The number of hydrogen-bond acceptors (Lipinski definition) is 6. The Morgan fingerprint density at radius 3 is 2.32 bits per heavy atom. The minimum atomic E-state index is -4.73. The summed E-state index contributed by atoms with van der Waals surface area (Å²) in [6, 6.07) is 17.8. The van der Waals surface area contributed by atoms with Crippen molar-refractivity contribution in [2.45, 2.75) is 24.4 Å². The molecule has 1 amide bonds. The highest BCUT2D eigenvalue weighted by molar-refractivity contribution is 7.89. The van der Waals surface area contributed by atoms with E-state index in [1.165, 1.54) is 18.2 Å². The maximum Gasteiger partial charge on any atom is 0.400 e. The molecule has 0 radical (unpaired) electrons. The summed E-state index contributed by atoms with van der Waals surface area (Å²) in [5, 5.41) is 15.0. The summed E-state index contributed by atoms with van der Waals surface area (Å²) in [5.41, 5.74) is 1.99. The number of Topliss-reactive ketones (excluding diaryl/α,β-unsaturated/α-hetero) is 1. The molecule has 14 heteroatoms. The van der Waals surface area contributed by atoms with Crippen LogP contribution in [0, 0.1) is 5.92 Å². The molecule has 214 valence electrons. The molecule has 0 aliphatic heterocycles. The quantitative estimate of drug-likeness (QED) is 0.216. The van der Waals surface area contributed by atoms with Gasteiger partial charge in [0, 0.05) is 28.4 Å². The number of nitrogens with two attached hydrogens (primary N) is 1. The number of nitrogens with zero attached hydrogens (tertiary/aromatic N) is 2. The number of rotatable bonds is 9. The van der Waals surface area contributed by atoms with Gasteiger partial charge in [0.2, 0.25) is 15.9 Å². The summed E-state index contributed by atoms with van der Waals surface area (Å²) < 4.78 is 64.3. The summed E-state index contributed by atoms with van der Waals surface area (Å²) in [5.74, 6) is -3.68. The maximum atomic E-state index is 12.8. The van der Waals surface area contributed by atoms with Gasteiger partial charge >= 0.3 is 6.18 Å². The van der Waals surface area contributed by atoms with Crippen molar-refractivity contribution >= 4 is 50.4 Å². The Labute approximate surface area is 238 Å². The second-order valence-electron chi connectivity index (χ2n) is 9.05. The van der Waals surface area contributed by atoms with E-state index in [-0.39, 0.29) is 28.5 Å². The Balaban J connectivity index is 1.51. The number of carbonyl (C=O) groups excluding carboxylic acids is 2. The van der Waals surface area contributed by atoms with E-state index in [2.05, 4.69) is 15.7 Å². The average molecular weight is 606 g/mol. The van der Waals surface area contributed by atoms with Crippen molar-refractivity contribution in [1.29, 1.82) is 0 Å². The minimum absolute atomic E-state index is 0.00272. The van der Waals surface area contributed by atoms with Crippen molar-refractivity contribution in [3.05, 3.63) is 95.3 Å². The number of nitrogens with one attached hydrogen (secondary N) is 2. The highest BCUT2D eigenvalue weighted by Crippen LogP contribution is 2.29. The lowest BCUT2D eigenvalue weighted by molar-refractivity contribution is -0.175. The zero-order valence-corrected chi connectivity index (χ0v) is 22.9. The van der Waals surface area contributed by atoms with Crippen molar-refractivity contribution < 1.29 is 31.2 Å². The molecule has 0 bridgehead atoms. The number of carbonyl (C=O) groups is 2. The SMILES string of the molecule is CC(C(=O)Nc1cnn(-c2ccc(Nc3ccc(C(=O)Cc4ccccc4Cl)cc3)cc2S(N)(=O)=O)c1)C(F)(F)F. The van der Waals surface area contributed by atoms with Gasteiger partial charge in [-0.05, 0) is 61.0 Å². The molecule has 1 aromatic heterocycles. The lowest BCUT2D eigenvalue weighted by atomic mass is 10.0. The third-order valence-corrected chi connectivity index (χ3v) is 7.36. The van der Waals surface area contributed by atoms with Crippen molar-refractivity contribution in [2.24, 2.45) is 11.1 Å². The van der Waals surface area contributed by atoms with Crippen LogP contribution in [0.15, 0.2) is 84.0 Å². The average Bonchev–Trinajstić information content (AvgIpc) is 3.37. The van der Waals surface area contributed by atoms with Gasteiger partial charge in [-0.2, -0.15) is 18.3 Å². The van der Waals surface area contributed by atoms with Crippen LogP contribution in [0.2, 0.25) is 5.02 Å². The number of amides is 1. The number of halogens is 4. The van der Waals surface area contributed by atoms with Crippen LogP contribution in [-0.4, -0.2) is 36.1 Å². The lowest BCUT2D eigenvalue weighted by Gasteiger charge is -2.14. The molecule has 41 heavy (non-hydrogen) atoms. The van der Waals surface area contributed by atoms with Crippen LogP contribution < -0.4 is 15.8 Å². The molecule has 4 aromatic rings. The van der Waals surface area contributed by atoms with E-state index in [1.807, 2.05) is 0 Å². The number of anilines is 3. The maximum absolute atomic E-state index is 12.8. The molecular weight excluding hydrogens is 583 g/mol. The summed E-state index contributed by atoms with van der Waals surface area (Å²) in [6.07, 6.45) is -2.35. The van der Waals surface area contributed by atoms with Crippen LogP contribution in [0.25, 0.3) is 5.69 Å². The van der Waals surface area contributed by atoms with Crippen LogP contribution in [0.1, 0.15) is 22.8 Å². The van der Waals surface area contributed by atoms with E-state index in [4.69, 9.17) is 16.7 Å². The number of benzene rings is 3. The Morgan fingerprint density at radius 1 is 1.02 bits per heavy atom. The molecular formula is C27H23ClF3N5O4S.